The van der Waals surface area contributed by atoms with Crippen molar-refractivity contribution in [3.05, 3.63) is 0 Å². The first-order valence-electron chi connectivity index (χ1n) is 6.60. The highest BCUT2D eigenvalue weighted by atomic mass is 32.2. The topological polar surface area (TPSA) is 29.1 Å². The number of rotatable bonds is 6. The van der Waals surface area contributed by atoms with Crippen molar-refractivity contribution in [3.8, 4) is 0 Å². The highest BCUT2D eigenvalue weighted by molar-refractivity contribution is 7.99. The molecule has 2 nitrogen and oxygen atoms in total. The molecule has 1 heterocycles. The Morgan fingerprint density at radius 1 is 1.31 bits per heavy atom. The molecule has 1 fully saturated rings. The number of thioether (sulfide) groups is 1. The van der Waals surface area contributed by atoms with Crippen LogP contribution in [0.4, 0.5) is 0 Å². The van der Waals surface area contributed by atoms with Crippen molar-refractivity contribution in [1.82, 2.24) is 5.32 Å². The van der Waals surface area contributed by atoms with E-state index in [-0.39, 0.29) is 5.91 Å². The molecule has 0 spiro atoms. The zero-order valence-corrected chi connectivity index (χ0v) is 11.4. The molecule has 0 saturated carbocycles. The molecule has 0 radical (unpaired) electrons. The molecule has 94 valence electrons. The first kappa shape index (κ1) is 13.9. The molecule has 1 aliphatic heterocycles. The number of carbonyl (C=O) groups is 1. The number of nitrogens with one attached hydrogen (secondary N) is 1. The molecular weight excluding hydrogens is 218 g/mol. The predicted octanol–water partition coefficient (Wildman–Crippen LogP) is 3.07. The Hall–Kier alpha value is -0.180. The van der Waals surface area contributed by atoms with E-state index in [1.54, 1.807) is 0 Å². The number of carbonyl (C=O) groups excluding carboxylic acids is 1. The van der Waals surface area contributed by atoms with Crippen LogP contribution in [0.5, 0.6) is 0 Å². The van der Waals surface area contributed by atoms with Crippen LogP contribution in [0.2, 0.25) is 0 Å². The summed E-state index contributed by atoms with van der Waals surface area (Å²) in [5, 5.41) is 3.09. The third kappa shape index (κ3) is 5.24. The van der Waals surface area contributed by atoms with Gasteiger partial charge in [-0.05, 0) is 36.2 Å². The summed E-state index contributed by atoms with van der Waals surface area (Å²) in [6, 6.07) is 0. The summed E-state index contributed by atoms with van der Waals surface area (Å²) in [6.07, 6.45) is 5.53. The Balaban J connectivity index is 2.14. The van der Waals surface area contributed by atoms with E-state index in [1.165, 1.54) is 24.3 Å². The number of hydrogen-bond acceptors (Lipinski definition) is 2. The minimum Gasteiger partial charge on any atom is -0.356 e. The summed E-state index contributed by atoms with van der Waals surface area (Å²) >= 11 is 2.02. The minimum atomic E-state index is 0.267. The smallest absolute Gasteiger partial charge is 0.220 e. The van der Waals surface area contributed by atoms with Gasteiger partial charge in [0, 0.05) is 13.0 Å². The average molecular weight is 243 g/mol. The van der Waals surface area contributed by atoms with E-state index in [0.717, 1.165) is 25.8 Å². The van der Waals surface area contributed by atoms with Crippen LogP contribution in [-0.2, 0) is 4.79 Å². The van der Waals surface area contributed by atoms with E-state index in [2.05, 4.69) is 19.2 Å². The molecule has 1 aliphatic rings. The van der Waals surface area contributed by atoms with Crippen molar-refractivity contribution < 1.29 is 4.79 Å². The number of hydrogen-bond donors (Lipinski definition) is 1. The Kier molecular flexibility index (Phi) is 6.93. The van der Waals surface area contributed by atoms with Crippen molar-refractivity contribution >= 4 is 17.7 Å². The lowest BCUT2D eigenvalue weighted by molar-refractivity contribution is -0.122. The second-order valence-corrected chi connectivity index (χ2v) is 5.97. The molecule has 0 atom stereocenters. The maximum absolute atomic E-state index is 11.7. The van der Waals surface area contributed by atoms with Crippen molar-refractivity contribution in [2.75, 3.05) is 18.1 Å². The van der Waals surface area contributed by atoms with Crippen molar-refractivity contribution in [2.24, 2.45) is 11.8 Å². The summed E-state index contributed by atoms with van der Waals surface area (Å²) in [7, 11) is 0. The summed E-state index contributed by atoms with van der Waals surface area (Å²) in [5.74, 6) is 4.05. The van der Waals surface area contributed by atoms with E-state index in [1.807, 2.05) is 11.8 Å². The molecule has 0 bridgehead atoms. The van der Waals surface area contributed by atoms with Gasteiger partial charge in [-0.3, -0.25) is 4.79 Å². The van der Waals surface area contributed by atoms with Gasteiger partial charge in [-0.1, -0.05) is 26.7 Å². The Morgan fingerprint density at radius 3 is 2.50 bits per heavy atom. The van der Waals surface area contributed by atoms with Crippen LogP contribution in [0.3, 0.4) is 0 Å². The lowest BCUT2D eigenvalue weighted by Gasteiger charge is -2.21. The fourth-order valence-corrected chi connectivity index (χ4v) is 3.32. The second kappa shape index (κ2) is 7.99. The van der Waals surface area contributed by atoms with Crippen LogP contribution >= 0.6 is 11.8 Å². The normalized spacial score (nSPS) is 17.7. The van der Waals surface area contributed by atoms with Gasteiger partial charge in [0.15, 0.2) is 0 Å². The van der Waals surface area contributed by atoms with Gasteiger partial charge in [-0.15, -0.1) is 0 Å². The van der Waals surface area contributed by atoms with E-state index >= 15 is 0 Å². The fourth-order valence-electron chi connectivity index (χ4n) is 2.12. The SMILES string of the molecule is CCC(CC)CNC(=O)CC1CCSCC1. The van der Waals surface area contributed by atoms with Gasteiger partial charge >= 0.3 is 0 Å². The quantitative estimate of drug-likeness (QED) is 0.777. The Bertz CT molecular complexity index is 198. The molecule has 1 N–H and O–H groups in total. The monoisotopic (exact) mass is 243 g/mol. The van der Waals surface area contributed by atoms with Gasteiger partial charge < -0.3 is 5.32 Å². The van der Waals surface area contributed by atoms with Crippen LogP contribution in [0, 0.1) is 11.8 Å². The highest BCUT2D eigenvalue weighted by Gasteiger charge is 2.17. The van der Waals surface area contributed by atoms with Crippen molar-refractivity contribution in [1.29, 1.82) is 0 Å². The molecule has 0 aromatic rings. The molecule has 1 amide bonds. The Labute approximate surface area is 104 Å². The van der Waals surface area contributed by atoms with Crippen LogP contribution in [0.1, 0.15) is 46.0 Å². The summed E-state index contributed by atoms with van der Waals surface area (Å²) < 4.78 is 0. The van der Waals surface area contributed by atoms with E-state index in [0.29, 0.717) is 11.8 Å². The second-order valence-electron chi connectivity index (χ2n) is 4.75. The van der Waals surface area contributed by atoms with E-state index in [4.69, 9.17) is 0 Å². The molecule has 0 aromatic carbocycles. The molecule has 1 saturated heterocycles. The minimum absolute atomic E-state index is 0.267. The van der Waals surface area contributed by atoms with Crippen LogP contribution in [0.15, 0.2) is 0 Å². The van der Waals surface area contributed by atoms with Crippen LogP contribution in [-0.4, -0.2) is 24.0 Å². The molecule has 3 heteroatoms. The van der Waals surface area contributed by atoms with E-state index < -0.39 is 0 Å². The van der Waals surface area contributed by atoms with Crippen molar-refractivity contribution in [2.45, 2.75) is 46.0 Å². The molecular formula is C13H25NOS. The third-order valence-corrected chi connectivity index (χ3v) is 4.61. The fraction of sp³-hybridized carbons (Fsp3) is 0.923. The van der Waals surface area contributed by atoms with Gasteiger partial charge in [0.2, 0.25) is 5.91 Å². The summed E-state index contributed by atoms with van der Waals surface area (Å²) in [6.45, 7) is 5.25. The standard InChI is InChI=1S/C13H25NOS/c1-3-11(4-2)10-14-13(15)9-12-5-7-16-8-6-12/h11-12H,3-10H2,1-2H3,(H,14,15). The molecule has 1 rings (SSSR count). The summed E-state index contributed by atoms with van der Waals surface area (Å²) in [4.78, 5) is 11.7. The van der Waals surface area contributed by atoms with Gasteiger partial charge in [-0.2, -0.15) is 11.8 Å². The lowest BCUT2D eigenvalue weighted by Crippen LogP contribution is -2.31. The van der Waals surface area contributed by atoms with Crippen molar-refractivity contribution in [3.63, 3.8) is 0 Å². The molecule has 0 aromatic heterocycles. The third-order valence-electron chi connectivity index (χ3n) is 3.56. The van der Waals surface area contributed by atoms with Gasteiger partial charge in [-0.25, -0.2) is 0 Å². The van der Waals surface area contributed by atoms with Crippen LogP contribution in [0.25, 0.3) is 0 Å². The largest absolute Gasteiger partial charge is 0.356 e. The highest BCUT2D eigenvalue weighted by Crippen LogP contribution is 2.25. The Morgan fingerprint density at radius 2 is 1.94 bits per heavy atom. The maximum atomic E-state index is 11.7. The predicted molar refractivity (Wildman–Crippen MR) is 71.7 cm³/mol. The van der Waals surface area contributed by atoms with E-state index in [9.17, 15) is 4.79 Å². The molecule has 0 aliphatic carbocycles. The first-order chi connectivity index (χ1) is 7.76. The zero-order valence-electron chi connectivity index (χ0n) is 10.6. The van der Waals surface area contributed by atoms with Gasteiger partial charge in [0.05, 0.1) is 0 Å². The number of amides is 1. The van der Waals surface area contributed by atoms with Crippen LogP contribution < -0.4 is 5.32 Å². The molecule has 16 heavy (non-hydrogen) atoms. The maximum Gasteiger partial charge on any atom is 0.220 e. The first-order valence-corrected chi connectivity index (χ1v) is 7.76. The average Bonchev–Trinajstić information content (AvgIpc) is 2.31. The summed E-state index contributed by atoms with van der Waals surface area (Å²) in [5.41, 5.74) is 0. The zero-order chi connectivity index (χ0) is 11.8. The molecule has 0 unspecified atom stereocenters. The lowest BCUT2D eigenvalue weighted by atomic mass is 9.98. The van der Waals surface area contributed by atoms with Gasteiger partial charge in [0.25, 0.3) is 0 Å². The van der Waals surface area contributed by atoms with Gasteiger partial charge in [0.1, 0.15) is 0 Å².